The van der Waals surface area contributed by atoms with Crippen LogP contribution in [0.1, 0.15) is 47.2 Å². The van der Waals surface area contributed by atoms with Gasteiger partial charge < -0.3 is 9.13 Å². The third kappa shape index (κ3) is 3.40. The Balaban J connectivity index is 1.15. The molecule has 2 aliphatic carbocycles. The molecule has 2 nitrogen and oxygen atoms in total. The van der Waals surface area contributed by atoms with E-state index in [4.69, 9.17) is 0 Å². The van der Waals surface area contributed by atoms with Gasteiger partial charge >= 0.3 is 0 Å². The molecule has 0 radical (unpaired) electrons. The minimum absolute atomic E-state index is 0.0285. The molecule has 0 unspecified atom stereocenters. The summed E-state index contributed by atoms with van der Waals surface area (Å²) in [5.74, 6) is 0. The predicted octanol–water partition coefficient (Wildman–Crippen LogP) is 9.29. The number of fused-ring (bicyclic) bond motifs is 10. The van der Waals surface area contributed by atoms with Crippen molar-refractivity contribution < 1.29 is 0 Å². The molecule has 0 N–H and O–H groups in total. The minimum atomic E-state index is 0.0285. The van der Waals surface area contributed by atoms with Crippen molar-refractivity contribution in [3.63, 3.8) is 0 Å². The number of halogens is 1. The Morgan fingerprint density at radius 1 is 0.700 bits per heavy atom. The number of rotatable bonds is 3. The first kappa shape index (κ1) is 24.3. The molecule has 8 rings (SSSR count). The third-order valence-electron chi connectivity index (χ3n) is 9.71. The first-order valence-corrected chi connectivity index (χ1v) is 15.2. The van der Waals surface area contributed by atoms with E-state index in [1.165, 1.54) is 77.7 Å². The molecule has 0 saturated carbocycles. The van der Waals surface area contributed by atoms with Gasteiger partial charge in [0.2, 0.25) is 0 Å². The van der Waals surface area contributed by atoms with Crippen molar-refractivity contribution >= 4 is 37.7 Å². The zero-order valence-electron chi connectivity index (χ0n) is 23.6. The van der Waals surface area contributed by atoms with Gasteiger partial charge in [0.1, 0.15) is 0 Å². The number of nitrogens with zero attached hydrogens (tertiary/aromatic N) is 2. The molecule has 0 bridgehead atoms. The van der Waals surface area contributed by atoms with Gasteiger partial charge in [-0.15, -0.1) is 0 Å². The lowest BCUT2D eigenvalue weighted by atomic mass is 9.78. The first-order chi connectivity index (χ1) is 19.3. The zero-order chi connectivity index (χ0) is 27.3. The maximum atomic E-state index is 3.69. The quantitative estimate of drug-likeness (QED) is 0.196. The van der Waals surface area contributed by atoms with Crippen LogP contribution in [0.4, 0.5) is 0 Å². The van der Waals surface area contributed by atoms with Crippen molar-refractivity contribution in [2.24, 2.45) is 14.1 Å². The Kier molecular flexibility index (Phi) is 5.14. The predicted molar refractivity (Wildman–Crippen MR) is 171 cm³/mol. The van der Waals surface area contributed by atoms with Gasteiger partial charge in [-0.2, -0.15) is 0 Å². The summed E-state index contributed by atoms with van der Waals surface area (Å²) in [6.07, 6.45) is 4.27. The van der Waals surface area contributed by atoms with Crippen LogP contribution in [0.2, 0.25) is 0 Å². The van der Waals surface area contributed by atoms with Crippen molar-refractivity contribution in [2.45, 2.75) is 44.9 Å². The Morgan fingerprint density at radius 3 is 2.23 bits per heavy atom. The molecule has 3 heteroatoms. The minimum Gasteiger partial charge on any atom is -0.343 e. The van der Waals surface area contributed by atoms with Crippen molar-refractivity contribution in [3.8, 4) is 22.5 Å². The van der Waals surface area contributed by atoms with Gasteiger partial charge in [0, 0.05) is 57.9 Å². The van der Waals surface area contributed by atoms with Gasteiger partial charge in [-0.25, -0.2) is 0 Å². The second-order valence-corrected chi connectivity index (χ2v) is 13.5. The van der Waals surface area contributed by atoms with Crippen LogP contribution in [-0.2, 0) is 45.2 Å². The second kappa shape index (κ2) is 8.47. The highest BCUT2D eigenvalue weighted by Gasteiger charge is 2.29. The first-order valence-electron chi connectivity index (χ1n) is 14.4. The molecule has 198 valence electrons. The summed E-state index contributed by atoms with van der Waals surface area (Å²) in [6.45, 7) is 4.82. The number of aryl methyl sites for hydroxylation is 4. The van der Waals surface area contributed by atoms with Crippen LogP contribution in [0, 0.1) is 0 Å². The van der Waals surface area contributed by atoms with Crippen LogP contribution < -0.4 is 0 Å². The van der Waals surface area contributed by atoms with Gasteiger partial charge in [0.25, 0.3) is 0 Å². The molecule has 0 atom stereocenters. The summed E-state index contributed by atoms with van der Waals surface area (Å²) in [5, 5.41) is 2.80. The fraction of sp³-hybridized carbons (Fsp3) is 0.243. The highest BCUT2D eigenvalue weighted by Crippen LogP contribution is 2.44. The largest absolute Gasteiger partial charge is 0.343 e. The highest BCUT2D eigenvalue weighted by molar-refractivity contribution is 9.10. The Bertz CT molecular complexity index is 2020. The molecule has 0 amide bonds. The van der Waals surface area contributed by atoms with Crippen molar-refractivity contribution in [1.29, 1.82) is 0 Å². The number of benzene rings is 4. The summed E-state index contributed by atoms with van der Waals surface area (Å²) in [6, 6.07) is 30.0. The molecule has 6 aromatic rings. The summed E-state index contributed by atoms with van der Waals surface area (Å²) in [7, 11) is 4.44. The lowest BCUT2D eigenvalue weighted by molar-refractivity contribution is 0.523. The molecular weight excluding hydrogens is 552 g/mol. The molecule has 4 aromatic carbocycles. The number of hydrogen-bond acceptors (Lipinski definition) is 0. The van der Waals surface area contributed by atoms with E-state index in [-0.39, 0.29) is 5.41 Å². The van der Waals surface area contributed by atoms with Crippen molar-refractivity contribution in [2.75, 3.05) is 0 Å². The molecule has 2 aromatic heterocycles. The fourth-order valence-electron chi connectivity index (χ4n) is 7.72. The van der Waals surface area contributed by atoms with Gasteiger partial charge in [0.05, 0.1) is 11.4 Å². The SMILES string of the molecule is Cn1c2c(c3cc(C(C)(C)Cc4ccc5c(c4)Cc4c-5n(C)c5ccc(Br)cc45)ccc31)CCc1ccccc1-2. The van der Waals surface area contributed by atoms with Gasteiger partial charge in [-0.05, 0) is 88.4 Å². The summed E-state index contributed by atoms with van der Waals surface area (Å²) in [4.78, 5) is 0. The van der Waals surface area contributed by atoms with E-state index in [1.807, 2.05) is 0 Å². The lowest BCUT2D eigenvalue weighted by Gasteiger charge is -2.26. The smallest absolute Gasteiger partial charge is 0.0527 e. The van der Waals surface area contributed by atoms with E-state index in [2.05, 4.69) is 132 Å². The highest BCUT2D eigenvalue weighted by atomic mass is 79.9. The normalized spacial score (nSPS) is 13.9. The van der Waals surface area contributed by atoms with E-state index in [1.54, 1.807) is 0 Å². The van der Waals surface area contributed by atoms with E-state index in [9.17, 15) is 0 Å². The Labute approximate surface area is 244 Å². The van der Waals surface area contributed by atoms with Crippen LogP contribution in [0.5, 0.6) is 0 Å². The van der Waals surface area contributed by atoms with Gasteiger partial charge in [0.15, 0.2) is 0 Å². The van der Waals surface area contributed by atoms with Crippen LogP contribution >= 0.6 is 15.9 Å². The topological polar surface area (TPSA) is 9.86 Å². The molecule has 0 aliphatic heterocycles. The summed E-state index contributed by atoms with van der Waals surface area (Å²) < 4.78 is 5.94. The molecule has 40 heavy (non-hydrogen) atoms. The van der Waals surface area contributed by atoms with E-state index >= 15 is 0 Å². The van der Waals surface area contributed by atoms with Crippen LogP contribution in [0.15, 0.2) is 83.3 Å². The van der Waals surface area contributed by atoms with E-state index in [0.29, 0.717) is 0 Å². The van der Waals surface area contributed by atoms with Crippen molar-refractivity contribution in [1.82, 2.24) is 9.13 Å². The zero-order valence-corrected chi connectivity index (χ0v) is 25.2. The molecule has 0 spiro atoms. The van der Waals surface area contributed by atoms with Gasteiger partial charge in [-0.1, -0.05) is 78.3 Å². The number of hydrogen-bond donors (Lipinski definition) is 0. The van der Waals surface area contributed by atoms with Crippen molar-refractivity contribution in [3.05, 3.63) is 117 Å². The summed E-state index contributed by atoms with van der Waals surface area (Å²) in [5.41, 5.74) is 17.0. The second-order valence-electron chi connectivity index (χ2n) is 12.6. The van der Waals surface area contributed by atoms with Crippen LogP contribution in [0.3, 0.4) is 0 Å². The fourth-order valence-corrected chi connectivity index (χ4v) is 8.08. The lowest BCUT2D eigenvalue weighted by Crippen LogP contribution is -2.20. The molecule has 0 fully saturated rings. The average Bonchev–Trinajstić information content (AvgIpc) is 3.56. The Hall–Kier alpha value is -3.56. The molecular formula is C37H33BrN2. The molecule has 0 saturated heterocycles. The maximum absolute atomic E-state index is 3.69. The Morgan fingerprint density at radius 2 is 1.40 bits per heavy atom. The molecule has 2 heterocycles. The standard InChI is InChI=1S/C37H33BrN2/c1-37(2,25-11-15-33-30(19-25)29-14-10-23-7-5-6-8-27(23)35(29)39(33)3)21-22-9-13-28-24(17-22)18-32-31-20-26(38)12-16-34(31)40(4)36(28)32/h5-9,11-13,15-17,19-20H,10,14,18,21H2,1-4H3. The van der Waals surface area contributed by atoms with E-state index < -0.39 is 0 Å². The average molecular weight is 586 g/mol. The van der Waals surface area contributed by atoms with E-state index in [0.717, 1.165) is 30.2 Å². The van der Waals surface area contributed by atoms with Crippen LogP contribution in [-0.4, -0.2) is 9.13 Å². The summed E-state index contributed by atoms with van der Waals surface area (Å²) >= 11 is 3.69. The number of aromatic nitrogens is 2. The molecule has 2 aliphatic rings. The third-order valence-corrected chi connectivity index (χ3v) is 10.2. The maximum Gasteiger partial charge on any atom is 0.0527 e. The van der Waals surface area contributed by atoms with Crippen LogP contribution in [0.25, 0.3) is 44.3 Å². The monoisotopic (exact) mass is 584 g/mol. The van der Waals surface area contributed by atoms with Gasteiger partial charge in [-0.3, -0.25) is 0 Å².